The molecule has 7 nitrogen and oxygen atoms in total. The Morgan fingerprint density at radius 2 is 2.30 bits per heavy atom. The van der Waals surface area contributed by atoms with Crippen molar-refractivity contribution in [2.75, 3.05) is 6.54 Å². The van der Waals surface area contributed by atoms with Gasteiger partial charge in [0.2, 0.25) is 5.76 Å². The number of H-pyrrole nitrogens is 1. The third kappa shape index (κ3) is 2.70. The summed E-state index contributed by atoms with van der Waals surface area (Å²) in [6.45, 7) is 3.84. The Morgan fingerprint density at radius 1 is 1.39 bits per heavy atom. The zero-order valence-electron chi connectivity index (χ0n) is 12.7. The largest absolute Gasteiger partial charge is 0.461 e. The molecule has 0 saturated carbocycles. The maximum Gasteiger partial charge on any atom is 0.255 e. The number of furan rings is 1. The molecular weight excluding hydrogens is 296 g/mol. The van der Waals surface area contributed by atoms with Crippen molar-refractivity contribution in [3.05, 3.63) is 57.6 Å². The van der Waals surface area contributed by atoms with Crippen molar-refractivity contribution in [2.24, 2.45) is 0 Å². The van der Waals surface area contributed by atoms with Crippen LogP contribution in [0.3, 0.4) is 0 Å². The monoisotopic (exact) mass is 312 g/mol. The average Bonchev–Trinajstić information content (AvgIpc) is 3.19. The van der Waals surface area contributed by atoms with E-state index in [2.05, 4.69) is 20.0 Å². The molecule has 0 radical (unpaired) electrons. The Labute approximate surface area is 131 Å². The SMILES string of the molecule is Cc1nc2c(c(=O)[nH]1)CN(Cc1cc(-c3ccco3)on1)CC2. The molecule has 3 aromatic heterocycles. The highest BCUT2D eigenvalue weighted by molar-refractivity contribution is 5.49. The fraction of sp³-hybridized carbons (Fsp3) is 0.312. The van der Waals surface area contributed by atoms with Gasteiger partial charge in [0, 0.05) is 32.1 Å². The first-order chi connectivity index (χ1) is 11.2. The van der Waals surface area contributed by atoms with E-state index in [1.807, 2.05) is 12.1 Å². The minimum atomic E-state index is -0.0476. The third-order valence-electron chi connectivity index (χ3n) is 3.97. The van der Waals surface area contributed by atoms with Crippen LogP contribution < -0.4 is 5.56 Å². The molecule has 0 bridgehead atoms. The summed E-state index contributed by atoms with van der Waals surface area (Å²) >= 11 is 0. The average molecular weight is 312 g/mol. The predicted octanol–water partition coefficient (Wildman–Crippen LogP) is 1.88. The second kappa shape index (κ2) is 5.51. The summed E-state index contributed by atoms with van der Waals surface area (Å²) in [7, 11) is 0. The molecule has 4 rings (SSSR count). The topological polar surface area (TPSA) is 88.2 Å². The molecule has 1 aliphatic heterocycles. The van der Waals surface area contributed by atoms with E-state index in [0.717, 1.165) is 29.9 Å². The van der Waals surface area contributed by atoms with E-state index < -0.39 is 0 Å². The van der Waals surface area contributed by atoms with Gasteiger partial charge in [-0.05, 0) is 19.1 Å². The molecule has 0 spiro atoms. The molecule has 0 saturated heterocycles. The van der Waals surface area contributed by atoms with Crippen molar-refractivity contribution in [2.45, 2.75) is 26.4 Å². The summed E-state index contributed by atoms with van der Waals surface area (Å²) in [5.41, 5.74) is 2.42. The van der Waals surface area contributed by atoms with E-state index in [1.54, 1.807) is 19.3 Å². The van der Waals surface area contributed by atoms with Crippen molar-refractivity contribution < 1.29 is 8.94 Å². The van der Waals surface area contributed by atoms with Crippen LogP contribution >= 0.6 is 0 Å². The number of fused-ring (bicyclic) bond motifs is 1. The summed E-state index contributed by atoms with van der Waals surface area (Å²) < 4.78 is 10.6. The van der Waals surface area contributed by atoms with Gasteiger partial charge >= 0.3 is 0 Å². The van der Waals surface area contributed by atoms with Crippen LogP contribution in [0, 0.1) is 6.92 Å². The lowest BCUT2D eigenvalue weighted by molar-refractivity contribution is 0.234. The highest BCUT2D eigenvalue weighted by Crippen LogP contribution is 2.22. The molecule has 0 unspecified atom stereocenters. The van der Waals surface area contributed by atoms with Crippen molar-refractivity contribution in [3.8, 4) is 11.5 Å². The lowest BCUT2D eigenvalue weighted by Crippen LogP contribution is -2.35. The Morgan fingerprint density at radius 3 is 3.13 bits per heavy atom. The van der Waals surface area contributed by atoms with E-state index in [9.17, 15) is 4.79 Å². The fourth-order valence-corrected chi connectivity index (χ4v) is 2.89. The summed E-state index contributed by atoms with van der Waals surface area (Å²) in [6, 6.07) is 5.50. The molecule has 118 valence electrons. The standard InChI is InChI=1S/C16H16N4O3/c1-10-17-13-4-5-20(9-12(13)16(21)18-10)8-11-7-15(23-19-11)14-3-2-6-22-14/h2-3,6-7H,4-5,8-9H2,1H3,(H,17,18,21). The highest BCUT2D eigenvalue weighted by atomic mass is 16.5. The van der Waals surface area contributed by atoms with E-state index in [4.69, 9.17) is 8.94 Å². The molecule has 1 N–H and O–H groups in total. The van der Waals surface area contributed by atoms with Gasteiger partial charge in [0.15, 0.2) is 5.76 Å². The molecule has 1 aliphatic rings. The molecular formula is C16H16N4O3. The smallest absolute Gasteiger partial charge is 0.255 e. The number of aryl methyl sites for hydroxylation is 1. The van der Waals surface area contributed by atoms with Crippen LogP contribution in [-0.2, 0) is 19.5 Å². The number of aromatic amines is 1. The molecule has 3 aromatic rings. The number of nitrogens with one attached hydrogen (secondary N) is 1. The summed E-state index contributed by atoms with van der Waals surface area (Å²) in [5, 5.41) is 4.08. The summed E-state index contributed by atoms with van der Waals surface area (Å²) in [5.74, 6) is 1.93. The molecule has 0 aliphatic carbocycles. The van der Waals surface area contributed by atoms with Crippen LogP contribution in [0.15, 0.2) is 38.2 Å². The maximum atomic E-state index is 12.1. The Kier molecular flexibility index (Phi) is 3.34. The first-order valence-corrected chi connectivity index (χ1v) is 7.49. The minimum absolute atomic E-state index is 0.0476. The Bertz CT molecular complexity index is 879. The van der Waals surface area contributed by atoms with Crippen molar-refractivity contribution in [1.29, 1.82) is 0 Å². The predicted molar refractivity (Wildman–Crippen MR) is 81.6 cm³/mol. The van der Waals surface area contributed by atoms with Crippen molar-refractivity contribution in [1.82, 2.24) is 20.0 Å². The fourth-order valence-electron chi connectivity index (χ4n) is 2.89. The normalized spacial score (nSPS) is 14.8. The summed E-state index contributed by atoms with van der Waals surface area (Å²) in [6.07, 6.45) is 2.36. The molecule has 0 amide bonds. The van der Waals surface area contributed by atoms with Gasteiger partial charge in [0.1, 0.15) is 5.82 Å². The van der Waals surface area contributed by atoms with Gasteiger partial charge in [-0.15, -0.1) is 0 Å². The van der Waals surface area contributed by atoms with E-state index in [-0.39, 0.29) is 5.56 Å². The number of rotatable bonds is 3. The van der Waals surface area contributed by atoms with Gasteiger partial charge in [-0.3, -0.25) is 9.69 Å². The van der Waals surface area contributed by atoms with Crippen LogP contribution in [-0.4, -0.2) is 26.6 Å². The van der Waals surface area contributed by atoms with E-state index in [0.29, 0.717) is 30.4 Å². The first kappa shape index (κ1) is 14.0. The van der Waals surface area contributed by atoms with Gasteiger partial charge in [0.05, 0.1) is 23.2 Å². The minimum Gasteiger partial charge on any atom is -0.461 e. The molecule has 0 atom stereocenters. The zero-order valence-corrected chi connectivity index (χ0v) is 12.7. The maximum absolute atomic E-state index is 12.1. The van der Waals surface area contributed by atoms with Gasteiger partial charge in [-0.2, -0.15) is 0 Å². The number of hydrogen-bond donors (Lipinski definition) is 1. The van der Waals surface area contributed by atoms with Gasteiger partial charge in [-0.25, -0.2) is 4.98 Å². The summed E-state index contributed by atoms with van der Waals surface area (Å²) in [4.78, 5) is 21.4. The second-order valence-corrected chi connectivity index (χ2v) is 5.70. The number of nitrogens with zero attached hydrogens (tertiary/aromatic N) is 3. The number of hydrogen-bond acceptors (Lipinski definition) is 6. The van der Waals surface area contributed by atoms with Crippen molar-refractivity contribution in [3.63, 3.8) is 0 Å². The molecule has 0 aromatic carbocycles. The molecule has 0 fully saturated rings. The van der Waals surface area contributed by atoms with E-state index >= 15 is 0 Å². The Hall–Kier alpha value is -2.67. The highest BCUT2D eigenvalue weighted by Gasteiger charge is 2.22. The molecule has 23 heavy (non-hydrogen) atoms. The Balaban J connectivity index is 1.51. The second-order valence-electron chi connectivity index (χ2n) is 5.70. The van der Waals surface area contributed by atoms with E-state index in [1.165, 1.54) is 0 Å². The van der Waals surface area contributed by atoms with Gasteiger partial charge in [0.25, 0.3) is 5.56 Å². The van der Waals surface area contributed by atoms with Crippen LogP contribution in [0.25, 0.3) is 11.5 Å². The quantitative estimate of drug-likeness (QED) is 0.794. The first-order valence-electron chi connectivity index (χ1n) is 7.49. The zero-order chi connectivity index (χ0) is 15.8. The van der Waals surface area contributed by atoms with Crippen molar-refractivity contribution >= 4 is 0 Å². The third-order valence-corrected chi connectivity index (χ3v) is 3.97. The molecule has 4 heterocycles. The number of aromatic nitrogens is 3. The van der Waals surface area contributed by atoms with Gasteiger partial charge < -0.3 is 13.9 Å². The van der Waals surface area contributed by atoms with Crippen LogP contribution in [0.5, 0.6) is 0 Å². The lowest BCUT2D eigenvalue weighted by atomic mass is 10.1. The lowest BCUT2D eigenvalue weighted by Gasteiger charge is -2.26. The van der Waals surface area contributed by atoms with Crippen LogP contribution in [0.1, 0.15) is 22.8 Å². The molecule has 7 heteroatoms. The van der Waals surface area contributed by atoms with Crippen LogP contribution in [0.4, 0.5) is 0 Å². The van der Waals surface area contributed by atoms with Crippen LogP contribution in [0.2, 0.25) is 0 Å². The van der Waals surface area contributed by atoms with Gasteiger partial charge in [-0.1, -0.05) is 5.16 Å².